The maximum Gasteiger partial charge on any atom is 0.264 e. The van der Waals surface area contributed by atoms with Gasteiger partial charge >= 0.3 is 0 Å². The maximum absolute atomic E-state index is 13.5. The number of ether oxygens (including phenoxy) is 1. The Labute approximate surface area is 195 Å². The molecule has 0 spiro atoms. The van der Waals surface area contributed by atoms with Gasteiger partial charge in [0.1, 0.15) is 12.3 Å². The molecule has 172 valence electrons. The summed E-state index contributed by atoms with van der Waals surface area (Å²) in [5.41, 5.74) is 4.15. The molecule has 1 N–H and O–H groups in total. The van der Waals surface area contributed by atoms with Gasteiger partial charge in [-0.05, 0) is 79.3 Å². The van der Waals surface area contributed by atoms with Gasteiger partial charge in [0.25, 0.3) is 10.0 Å². The molecule has 33 heavy (non-hydrogen) atoms. The molecule has 3 aromatic rings. The SMILES string of the molecule is COc1ccc(S(=O)(=O)N(CC(=O)N[C@@H](C)c2ccc3c(c2)CCC3)c2ccccc2)cc1. The largest absolute Gasteiger partial charge is 0.497 e. The Balaban J connectivity index is 1.55. The molecule has 1 aliphatic carbocycles. The van der Waals surface area contributed by atoms with Gasteiger partial charge < -0.3 is 10.1 Å². The molecule has 0 heterocycles. The number of rotatable bonds is 8. The molecule has 6 nitrogen and oxygen atoms in total. The number of benzene rings is 3. The van der Waals surface area contributed by atoms with E-state index in [0.717, 1.165) is 29.1 Å². The first-order valence-corrected chi connectivity index (χ1v) is 12.5. The Morgan fingerprint density at radius 1 is 1.00 bits per heavy atom. The number of hydrogen-bond acceptors (Lipinski definition) is 4. The van der Waals surface area contributed by atoms with Crippen LogP contribution in [0.1, 0.15) is 36.1 Å². The Morgan fingerprint density at radius 3 is 2.39 bits per heavy atom. The third kappa shape index (κ3) is 5.03. The molecule has 0 radical (unpaired) electrons. The highest BCUT2D eigenvalue weighted by molar-refractivity contribution is 7.92. The van der Waals surface area contributed by atoms with Crippen LogP contribution in [0, 0.1) is 0 Å². The van der Waals surface area contributed by atoms with E-state index in [0.29, 0.717) is 11.4 Å². The predicted molar refractivity (Wildman–Crippen MR) is 129 cm³/mol. The summed E-state index contributed by atoms with van der Waals surface area (Å²) in [4.78, 5) is 13.1. The highest BCUT2D eigenvalue weighted by atomic mass is 32.2. The third-order valence-corrected chi connectivity index (χ3v) is 7.77. The van der Waals surface area contributed by atoms with Crippen molar-refractivity contribution in [1.82, 2.24) is 5.32 Å². The number of nitrogens with one attached hydrogen (secondary N) is 1. The Morgan fingerprint density at radius 2 is 1.70 bits per heavy atom. The van der Waals surface area contributed by atoms with Crippen LogP contribution in [-0.4, -0.2) is 28.0 Å². The monoisotopic (exact) mass is 464 g/mol. The summed E-state index contributed by atoms with van der Waals surface area (Å²) < 4.78 is 33.2. The van der Waals surface area contributed by atoms with E-state index in [4.69, 9.17) is 4.74 Å². The fourth-order valence-electron chi connectivity index (χ4n) is 4.15. The number of nitrogens with zero attached hydrogens (tertiary/aromatic N) is 1. The molecule has 0 unspecified atom stereocenters. The number of para-hydroxylation sites is 1. The standard InChI is InChI=1S/C26H28N2O4S/c1-19(21-12-11-20-7-6-8-22(20)17-21)27-26(29)18-28(23-9-4-3-5-10-23)33(30,31)25-15-13-24(32-2)14-16-25/h3-5,9-17,19H,6-8,18H2,1-2H3,(H,27,29)/t19-/m0/s1. The van der Waals surface area contributed by atoms with Crippen molar-refractivity contribution >= 4 is 21.6 Å². The number of anilines is 1. The molecule has 3 aromatic carbocycles. The average Bonchev–Trinajstić information content (AvgIpc) is 3.31. The van der Waals surface area contributed by atoms with Crippen LogP contribution in [0.25, 0.3) is 0 Å². The molecule has 7 heteroatoms. The fourth-order valence-corrected chi connectivity index (χ4v) is 5.57. The van der Waals surface area contributed by atoms with Crippen LogP contribution in [0.4, 0.5) is 5.69 Å². The molecule has 0 saturated carbocycles. The average molecular weight is 465 g/mol. The summed E-state index contributed by atoms with van der Waals surface area (Å²) >= 11 is 0. The second-order valence-electron chi connectivity index (χ2n) is 8.19. The van der Waals surface area contributed by atoms with Gasteiger partial charge in [-0.2, -0.15) is 0 Å². The van der Waals surface area contributed by atoms with Crippen molar-refractivity contribution < 1.29 is 17.9 Å². The van der Waals surface area contributed by atoms with Crippen molar-refractivity contribution in [2.24, 2.45) is 0 Å². The second-order valence-corrected chi connectivity index (χ2v) is 10.1. The summed E-state index contributed by atoms with van der Waals surface area (Å²) in [6, 6.07) is 20.9. The molecular formula is C26H28N2O4S. The van der Waals surface area contributed by atoms with E-state index in [9.17, 15) is 13.2 Å². The molecule has 0 fully saturated rings. The molecule has 0 bridgehead atoms. The Kier molecular flexibility index (Phi) is 6.70. The molecule has 4 rings (SSSR count). The minimum Gasteiger partial charge on any atom is -0.497 e. The van der Waals surface area contributed by atoms with Crippen molar-refractivity contribution in [1.29, 1.82) is 0 Å². The minimum atomic E-state index is -3.97. The van der Waals surface area contributed by atoms with Crippen LogP contribution in [0.5, 0.6) is 5.75 Å². The second kappa shape index (κ2) is 9.67. The molecule has 0 aliphatic heterocycles. The number of sulfonamides is 1. The fraction of sp³-hybridized carbons (Fsp3) is 0.269. The summed E-state index contributed by atoms with van der Waals surface area (Å²) in [5.74, 6) is 0.185. The van der Waals surface area contributed by atoms with Crippen LogP contribution < -0.4 is 14.4 Å². The molecule has 0 aromatic heterocycles. The molecule has 1 atom stereocenters. The quantitative estimate of drug-likeness (QED) is 0.541. The van der Waals surface area contributed by atoms with Gasteiger partial charge in [0, 0.05) is 0 Å². The minimum absolute atomic E-state index is 0.0895. The highest BCUT2D eigenvalue weighted by Crippen LogP contribution is 2.27. The number of carbonyl (C=O) groups is 1. The van der Waals surface area contributed by atoms with E-state index in [-0.39, 0.29) is 23.4 Å². The van der Waals surface area contributed by atoms with Crippen LogP contribution >= 0.6 is 0 Å². The van der Waals surface area contributed by atoms with Gasteiger partial charge in [0.2, 0.25) is 5.91 Å². The van der Waals surface area contributed by atoms with Gasteiger partial charge in [0.15, 0.2) is 0 Å². The Bertz CT molecular complexity index is 1220. The molecule has 0 saturated heterocycles. The summed E-state index contributed by atoms with van der Waals surface area (Å²) in [6.45, 7) is 1.59. The van der Waals surface area contributed by atoms with Crippen molar-refractivity contribution in [2.75, 3.05) is 18.0 Å². The number of methoxy groups -OCH3 is 1. The van der Waals surface area contributed by atoms with Crippen LogP contribution in [0.3, 0.4) is 0 Å². The summed E-state index contributed by atoms with van der Waals surface area (Å²) in [6.07, 6.45) is 3.33. The van der Waals surface area contributed by atoms with E-state index < -0.39 is 10.0 Å². The zero-order chi connectivity index (χ0) is 23.4. The van der Waals surface area contributed by atoms with E-state index in [1.54, 1.807) is 42.5 Å². The molecular weight excluding hydrogens is 436 g/mol. The topological polar surface area (TPSA) is 75.7 Å². The van der Waals surface area contributed by atoms with Crippen molar-refractivity contribution in [3.05, 3.63) is 89.5 Å². The van der Waals surface area contributed by atoms with Crippen molar-refractivity contribution in [3.8, 4) is 5.75 Å². The number of aryl methyl sites for hydroxylation is 2. The van der Waals surface area contributed by atoms with Crippen LogP contribution in [0.15, 0.2) is 77.7 Å². The number of hydrogen-bond donors (Lipinski definition) is 1. The van der Waals surface area contributed by atoms with Crippen LogP contribution in [-0.2, 0) is 27.7 Å². The first-order valence-electron chi connectivity index (χ1n) is 11.0. The van der Waals surface area contributed by atoms with Crippen LogP contribution in [0.2, 0.25) is 0 Å². The molecule has 1 amide bonds. The summed E-state index contributed by atoms with van der Waals surface area (Å²) in [7, 11) is -2.45. The van der Waals surface area contributed by atoms with Crippen molar-refractivity contribution in [3.63, 3.8) is 0 Å². The predicted octanol–water partition coefficient (Wildman–Crippen LogP) is 4.26. The van der Waals surface area contributed by atoms with Gasteiger partial charge in [0.05, 0.1) is 23.7 Å². The van der Waals surface area contributed by atoms with Gasteiger partial charge in [-0.15, -0.1) is 0 Å². The third-order valence-electron chi connectivity index (χ3n) is 5.98. The Hall–Kier alpha value is -3.32. The highest BCUT2D eigenvalue weighted by Gasteiger charge is 2.28. The number of amides is 1. The lowest BCUT2D eigenvalue weighted by Crippen LogP contribution is -2.41. The van der Waals surface area contributed by atoms with E-state index in [1.165, 1.54) is 30.4 Å². The first-order chi connectivity index (χ1) is 15.9. The van der Waals surface area contributed by atoms with E-state index in [2.05, 4.69) is 17.4 Å². The number of fused-ring (bicyclic) bond motifs is 1. The number of carbonyl (C=O) groups excluding carboxylic acids is 1. The molecule has 1 aliphatic rings. The smallest absolute Gasteiger partial charge is 0.264 e. The summed E-state index contributed by atoms with van der Waals surface area (Å²) in [5, 5.41) is 2.96. The van der Waals surface area contributed by atoms with Crippen molar-refractivity contribution in [2.45, 2.75) is 37.1 Å². The lowest BCUT2D eigenvalue weighted by atomic mass is 10.0. The zero-order valence-corrected chi connectivity index (χ0v) is 19.6. The maximum atomic E-state index is 13.5. The zero-order valence-electron chi connectivity index (χ0n) is 18.8. The van der Waals surface area contributed by atoms with Gasteiger partial charge in [-0.25, -0.2) is 8.42 Å². The van der Waals surface area contributed by atoms with E-state index in [1.807, 2.05) is 13.0 Å². The van der Waals surface area contributed by atoms with Gasteiger partial charge in [-0.1, -0.05) is 36.4 Å². The first kappa shape index (κ1) is 22.9. The van der Waals surface area contributed by atoms with Gasteiger partial charge in [-0.3, -0.25) is 9.10 Å². The lowest BCUT2D eigenvalue weighted by molar-refractivity contribution is -0.120. The normalized spacial score (nSPS) is 13.8. The lowest BCUT2D eigenvalue weighted by Gasteiger charge is -2.25. The van der Waals surface area contributed by atoms with E-state index >= 15 is 0 Å².